The molecule has 1 amide bonds. The van der Waals surface area contributed by atoms with Crippen LogP contribution < -0.4 is 21.3 Å². The molecule has 0 atom stereocenters. The number of aromatic nitrogens is 4. The lowest BCUT2D eigenvalue weighted by molar-refractivity contribution is -0.116. The van der Waals surface area contributed by atoms with Crippen molar-refractivity contribution in [1.29, 1.82) is 0 Å². The number of carbonyl (C=O) groups is 1. The number of nitrogens with one attached hydrogen (secondary N) is 1. The van der Waals surface area contributed by atoms with E-state index >= 15 is 0 Å². The average Bonchev–Trinajstić information content (AvgIpc) is 3.06. The number of benzene rings is 1. The maximum Gasteiger partial charge on any atom is 0.331 e. The second-order valence-electron chi connectivity index (χ2n) is 5.94. The van der Waals surface area contributed by atoms with Gasteiger partial charge in [-0.15, -0.1) is 0 Å². The van der Waals surface area contributed by atoms with Crippen LogP contribution in [0.3, 0.4) is 0 Å². The van der Waals surface area contributed by atoms with Gasteiger partial charge in [0.05, 0.1) is 0 Å². The number of nitrogens with zero attached hydrogens (tertiary/aromatic N) is 4. The Morgan fingerprint density at radius 2 is 1.85 bits per heavy atom. The van der Waals surface area contributed by atoms with Crippen molar-refractivity contribution in [3.8, 4) is 5.75 Å². The van der Waals surface area contributed by atoms with E-state index in [0.29, 0.717) is 18.0 Å². The van der Waals surface area contributed by atoms with E-state index in [1.54, 1.807) is 30.5 Å². The highest BCUT2D eigenvalue weighted by Crippen LogP contribution is 2.16. The molecule has 0 saturated carbocycles. The van der Waals surface area contributed by atoms with Crippen molar-refractivity contribution >= 4 is 11.6 Å². The Labute approximate surface area is 154 Å². The lowest BCUT2D eigenvalue weighted by Crippen LogP contribution is -2.38. The van der Waals surface area contributed by atoms with Crippen LogP contribution in [0.15, 0.2) is 58.5 Å². The minimum absolute atomic E-state index is 0.190. The van der Waals surface area contributed by atoms with Crippen LogP contribution in [0.5, 0.6) is 5.75 Å². The van der Waals surface area contributed by atoms with Crippen molar-refractivity contribution in [2.75, 3.05) is 5.32 Å². The molecule has 2 heterocycles. The number of amides is 1. The van der Waals surface area contributed by atoms with Crippen LogP contribution in [0.4, 0.5) is 5.69 Å². The number of rotatable bonds is 6. The van der Waals surface area contributed by atoms with Crippen LogP contribution in [-0.2, 0) is 32.0 Å². The summed E-state index contributed by atoms with van der Waals surface area (Å²) in [6.07, 6.45) is 4.85. The lowest BCUT2D eigenvalue weighted by atomic mass is 10.3. The van der Waals surface area contributed by atoms with Gasteiger partial charge in [0, 0.05) is 44.4 Å². The number of aryl methyl sites for hydroxylation is 1. The van der Waals surface area contributed by atoms with Gasteiger partial charge in [0.25, 0.3) is 5.56 Å². The fourth-order valence-electron chi connectivity index (χ4n) is 2.41. The molecule has 0 spiro atoms. The lowest BCUT2D eigenvalue weighted by Gasteiger charge is -2.10. The first kappa shape index (κ1) is 18.2. The zero-order chi connectivity index (χ0) is 19.4. The monoisotopic (exact) mass is 369 g/mol. The molecular formula is C18H19N5O4. The first-order valence-corrected chi connectivity index (χ1v) is 8.19. The standard InChI is InChI=1S/C18H19N5O4/c1-21-10-8-19-15(21)12-27-14-5-3-13(4-6-14)20-16(24)11-23-9-7-17(25)22(2)18(23)26/h3-10H,11-12H2,1-2H3,(H,20,24). The molecule has 0 aliphatic carbocycles. The molecular weight excluding hydrogens is 350 g/mol. The smallest absolute Gasteiger partial charge is 0.331 e. The summed E-state index contributed by atoms with van der Waals surface area (Å²) in [5.74, 6) is 1.07. The van der Waals surface area contributed by atoms with E-state index in [1.165, 1.54) is 23.9 Å². The molecule has 0 fully saturated rings. The summed E-state index contributed by atoms with van der Waals surface area (Å²) in [4.78, 5) is 39.6. The van der Waals surface area contributed by atoms with Gasteiger partial charge in [0.2, 0.25) is 5.91 Å². The minimum atomic E-state index is -0.546. The zero-order valence-electron chi connectivity index (χ0n) is 15.0. The van der Waals surface area contributed by atoms with Crippen molar-refractivity contribution in [3.63, 3.8) is 0 Å². The van der Waals surface area contributed by atoms with Gasteiger partial charge >= 0.3 is 5.69 Å². The topological polar surface area (TPSA) is 100 Å². The van der Waals surface area contributed by atoms with Crippen LogP contribution in [0.25, 0.3) is 0 Å². The Balaban J connectivity index is 1.58. The molecule has 0 bridgehead atoms. The number of imidazole rings is 1. The van der Waals surface area contributed by atoms with Gasteiger partial charge in [-0.3, -0.25) is 18.7 Å². The number of carbonyl (C=O) groups excluding carboxylic acids is 1. The highest BCUT2D eigenvalue weighted by atomic mass is 16.5. The Morgan fingerprint density at radius 1 is 1.11 bits per heavy atom. The SMILES string of the molecule is Cn1ccnc1COc1ccc(NC(=O)Cn2ccc(=O)n(C)c2=O)cc1. The third-order valence-corrected chi connectivity index (χ3v) is 4.00. The van der Waals surface area contributed by atoms with Gasteiger partial charge < -0.3 is 14.6 Å². The van der Waals surface area contributed by atoms with E-state index < -0.39 is 11.2 Å². The Kier molecular flexibility index (Phi) is 5.20. The second-order valence-corrected chi connectivity index (χ2v) is 5.94. The molecule has 9 nitrogen and oxygen atoms in total. The maximum absolute atomic E-state index is 12.1. The van der Waals surface area contributed by atoms with Crippen LogP contribution >= 0.6 is 0 Å². The van der Waals surface area contributed by atoms with E-state index in [9.17, 15) is 14.4 Å². The van der Waals surface area contributed by atoms with Crippen LogP contribution in [-0.4, -0.2) is 24.6 Å². The fraction of sp³-hybridized carbons (Fsp3) is 0.222. The molecule has 3 aromatic rings. The van der Waals surface area contributed by atoms with Gasteiger partial charge in [-0.1, -0.05) is 0 Å². The largest absolute Gasteiger partial charge is 0.486 e. The van der Waals surface area contributed by atoms with Crippen molar-refractivity contribution < 1.29 is 9.53 Å². The van der Waals surface area contributed by atoms with Crippen molar-refractivity contribution in [1.82, 2.24) is 18.7 Å². The average molecular weight is 369 g/mol. The molecule has 3 rings (SSSR count). The Morgan fingerprint density at radius 3 is 2.52 bits per heavy atom. The van der Waals surface area contributed by atoms with Crippen molar-refractivity contribution in [3.05, 3.63) is 75.6 Å². The van der Waals surface area contributed by atoms with Crippen molar-refractivity contribution in [2.45, 2.75) is 13.2 Å². The quantitative estimate of drug-likeness (QED) is 0.682. The van der Waals surface area contributed by atoms with Gasteiger partial charge in [-0.2, -0.15) is 0 Å². The molecule has 0 aliphatic heterocycles. The van der Waals surface area contributed by atoms with Crippen LogP contribution in [0, 0.1) is 0 Å². The summed E-state index contributed by atoms with van der Waals surface area (Å²) in [5.41, 5.74) is -0.393. The molecule has 9 heteroatoms. The molecule has 0 aliphatic rings. The summed E-state index contributed by atoms with van der Waals surface area (Å²) in [6, 6.07) is 8.11. The van der Waals surface area contributed by atoms with Crippen LogP contribution in [0.2, 0.25) is 0 Å². The predicted octanol–water partition coefficient (Wildman–Crippen LogP) is 0.498. The number of hydrogen-bond acceptors (Lipinski definition) is 5. The van der Waals surface area contributed by atoms with E-state index in [1.807, 2.05) is 17.8 Å². The summed E-state index contributed by atoms with van der Waals surface area (Å²) in [5, 5.41) is 2.70. The second kappa shape index (κ2) is 7.73. The highest BCUT2D eigenvalue weighted by molar-refractivity contribution is 5.90. The van der Waals surface area contributed by atoms with Crippen molar-refractivity contribution in [2.24, 2.45) is 14.1 Å². The predicted molar refractivity (Wildman–Crippen MR) is 98.6 cm³/mol. The fourth-order valence-corrected chi connectivity index (χ4v) is 2.41. The summed E-state index contributed by atoms with van der Waals surface area (Å²) in [6.45, 7) is 0.148. The number of hydrogen-bond donors (Lipinski definition) is 1. The highest BCUT2D eigenvalue weighted by Gasteiger charge is 2.08. The molecule has 1 N–H and O–H groups in total. The normalized spacial score (nSPS) is 10.6. The molecule has 27 heavy (non-hydrogen) atoms. The Bertz CT molecular complexity index is 1060. The number of anilines is 1. The maximum atomic E-state index is 12.1. The van der Waals surface area contributed by atoms with E-state index in [4.69, 9.17) is 4.74 Å². The first-order chi connectivity index (χ1) is 12.9. The molecule has 1 aromatic carbocycles. The van der Waals surface area contributed by atoms with Gasteiger partial charge in [0.1, 0.15) is 24.7 Å². The number of ether oxygens (including phenoxy) is 1. The third-order valence-electron chi connectivity index (χ3n) is 4.00. The van der Waals surface area contributed by atoms with Gasteiger partial charge in [-0.25, -0.2) is 9.78 Å². The zero-order valence-corrected chi connectivity index (χ0v) is 15.0. The Hall–Kier alpha value is -3.62. The first-order valence-electron chi connectivity index (χ1n) is 8.19. The van der Waals surface area contributed by atoms with Crippen LogP contribution in [0.1, 0.15) is 5.82 Å². The molecule has 2 aromatic heterocycles. The van der Waals surface area contributed by atoms with E-state index in [-0.39, 0.29) is 12.5 Å². The summed E-state index contributed by atoms with van der Waals surface area (Å²) >= 11 is 0. The van der Waals surface area contributed by atoms with E-state index in [2.05, 4.69) is 10.3 Å². The summed E-state index contributed by atoms with van der Waals surface area (Å²) < 4.78 is 9.64. The summed E-state index contributed by atoms with van der Waals surface area (Å²) in [7, 11) is 3.25. The molecule has 0 radical (unpaired) electrons. The molecule has 140 valence electrons. The minimum Gasteiger partial charge on any atom is -0.486 e. The third kappa shape index (κ3) is 4.32. The molecule has 0 unspecified atom stereocenters. The van der Waals surface area contributed by atoms with Gasteiger partial charge in [-0.05, 0) is 24.3 Å². The van der Waals surface area contributed by atoms with E-state index in [0.717, 1.165) is 10.4 Å². The van der Waals surface area contributed by atoms with Gasteiger partial charge in [0.15, 0.2) is 0 Å². The molecule has 0 saturated heterocycles.